The van der Waals surface area contributed by atoms with Crippen LogP contribution in [0, 0.1) is 5.82 Å². The first-order chi connectivity index (χ1) is 10.2. The van der Waals surface area contributed by atoms with E-state index in [1.54, 1.807) is 18.3 Å². The molecule has 3 rings (SSSR count). The van der Waals surface area contributed by atoms with E-state index in [1.807, 2.05) is 43.4 Å². The average Bonchev–Trinajstić information content (AvgIpc) is 2.52. The quantitative estimate of drug-likeness (QED) is 0.759. The van der Waals surface area contributed by atoms with Crippen LogP contribution in [0.4, 0.5) is 4.39 Å². The molecule has 3 aromatic rings. The molecule has 4 heteroatoms. The maximum Gasteiger partial charge on any atom is 0.142 e. The van der Waals surface area contributed by atoms with Gasteiger partial charge in [-0.05, 0) is 40.5 Å². The molecule has 21 heavy (non-hydrogen) atoms. The van der Waals surface area contributed by atoms with Crippen LogP contribution >= 0.6 is 15.9 Å². The Bertz CT molecular complexity index is 783. The summed E-state index contributed by atoms with van der Waals surface area (Å²) in [6.07, 6.45) is 1.76. The molecule has 0 aliphatic heterocycles. The van der Waals surface area contributed by atoms with Crippen LogP contribution in [0.3, 0.4) is 0 Å². The smallest absolute Gasteiger partial charge is 0.142 e. The molecule has 106 valence electrons. The molecule has 2 nitrogen and oxygen atoms in total. The van der Waals surface area contributed by atoms with E-state index in [4.69, 9.17) is 0 Å². The number of halogens is 2. The van der Waals surface area contributed by atoms with Crippen LogP contribution in [0.1, 0.15) is 17.3 Å². The summed E-state index contributed by atoms with van der Waals surface area (Å²) in [5.74, 6) is -0.258. The van der Waals surface area contributed by atoms with Crippen molar-refractivity contribution in [3.8, 4) is 0 Å². The predicted molar refractivity (Wildman–Crippen MR) is 86.7 cm³/mol. The van der Waals surface area contributed by atoms with Crippen molar-refractivity contribution in [1.29, 1.82) is 0 Å². The van der Waals surface area contributed by atoms with Crippen LogP contribution < -0.4 is 5.32 Å². The second kappa shape index (κ2) is 5.92. The summed E-state index contributed by atoms with van der Waals surface area (Å²) in [7, 11) is 1.81. The van der Waals surface area contributed by atoms with Gasteiger partial charge >= 0.3 is 0 Å². The monoisotopic (exact) mass is 344 g/mol. The zero-order chi connectivity index (χ0) is 14.8. The van der Waals surface area contributed by atoms with Crippen molar-refractivity contribution in [1.82, 2.24) is 10.3 Å². The molecule has 0 aliphatic rings. The molecular weight excluding hydrogens is 331 g/mol. The summed E-state index contributed by atoms with van der Waals surface area (Å²) in [5.41, 5.74) is 1.41. The van der Waals surface area contributed by atoms with Crippen molar-refractivity contribution >= 4 is 26.7 Å². The van der Waals surface area contributed by atoms with Crippen molar-refractivity contribution in [2.45, 2.75) is 6.04 Å². The molecule has 1 atom stereocenters. The molecule has 0 saturated heterocycles. The van der Waals surface area contributed by atoms with Gasteiger partial charge in [0.05, 0.1) is 16.2 Å². The van der Waals surface area contributed by atoms with E-state index < -0.39 is 0 Å². The topological polar surface area (TPSA) is 24.9 Å². The first-order valence-corrected chi connectivity index (χ1v) is 7.46. The minimum absolute atomic E-state index is 0.258. The molecule has 0 amide bonds. The number of nitrogens with zero attached hydrogens (tertiary/aromatic N) is 1. The summed E-state index contributed by atoms with van der Waals surface area (Å²) in [4.78, 5) is 4.48. The van der Waals surface area contributed by atoms with Crippen molar-refractivity contribution < 1.29 is 4.39 Å². The fraction of sp³-hybridized carbons (Fsp3) is 0.118. The highest BCUT2D eigenvalue weighted by atomic mass is 79.9. The standard InChI is InChI=1S/C17H14BrFN2/c1-20-16(13-7-4-8-14(18)15(13)19)17-12-6-3-2-5-11(12)9-10-21-17/h2-10,16,20H,1H3. The van der Waals surface area contributed by atoms with Gasteiger partial charge in [0, 0.05) is 17.1 Å². The lowest BCUT2D eigenvalue weighted by Crippen LogP contribution is -2.20. The van der Waals surface area contributed by atoms with E-state index in [-0.39, 0.29) is 11.9 Å². The van der Waals surface area contributed by atoms with Crippen LogP contribution in [-0.4, -0.2) is 12.0 Å². The van der Waals surface area contributed by atoms with Crippen molar-refractivity contribution in [2.24, 2.45) is 0 Å². The van der Waals surface area contributed by atoms with Crippen molar-refractivity contribution in [2.75, 3.05) is 7.05 Å². The maximum absolute atomic E-state index is 14.4. The molecular formula is C17H14BrFN2. The van der Waals surface area contributed by atoms with Gasteiger partial charge in [-0.2, -0.15) is 0 Å². The molecule has 1 heterocycles. The predicted octanol–water partition coefficient (Wildman–Crippen LogP) is 4.45. The minimum atomic E-state index is -0.298. The van der Waals surface area contributed by atoms with E-state index in [1.165, 1.54) is 0 Å². The fourth-order valence-corrected chi connectivity index (χ4v) is 2.94. The van der Waals surface area contributed by atoms with Crippen LogP contribution in [0.2, 0.25) is 0 Å². The Morgan fingerprint density at radius 1 is 1.10 bits per heavy atom. The van der Waals surface area contributed by atoms with E-state index in [2.05, 4.69) is 26.2 Å². The van der Waals surface area contributed by atoms with Gasteiger partial charge in [0.1, 0.15) is 5.82 Å². The number of pyridine rings is 1. The number of fused-ring (bicyclic) bond motifs is 1. The maximum atomic E-state index is 14.4. The first-order valence-electron chi connectivity index (χ1n) is 6.67. The highest BCUT2D eigenvalue weighted by molar-refractivity contribution is 9.10. The highest BCUT2D eigenvalue weighted by Gasteiger charge is 2.20. The van der Waals surface area contributed by atoms with E-state index >= 15 is 0 Å². The van der Waals surface area contributed by atoms with Crippen LogP contribution in [0.15, 0.2) is 59.2 Å². The highest BCUT2D eigenvalue weighted by Crippen LogP contribution is 2.30. The van der Waals surface area contributed by atoms with Gasteiger partial charge in [-0.15, -0.1) is 0 Å². The molecule has 0 bridgehead atoms. The largest absolute Gasteiger partial charge is 0.308 e. The number of benzene rings is 2. The second-order valence-electron chi connectivity index (χ2n) is 4.78. The SMILES string of the molecule is CNC(c1cccc(Br)c1F)c1nccc2ccccc12. The normalized spacial score (nSPS) is 12.5. The fourth-order valence-electron chi connectivity index (χ4n) is 2.56. The van der Waals surface area contributed by atoms with Gasteiger partial charge in [0.15, 0.2) is 0 Å². The number of hydrogen-bond donors (Lipinski definition) is 1. The molecule has 0 saturated carbocycles. The Morgan fingerprint density at radius 3 is 2.71 bits per heavy atom. The van der Waals surface area contributed by atoms with Gasteiger partial charge in [-0.3, -0.25) is 4.98 Å². The number of rotatable bonds is 3. The van der Waals surface area contributed by atoms with Gasteiger partial charge in [0.25, 0.3) is 0 Å². The average molecular weight is 345 g/mol. The Balaban J connectivity index is 2.21. The van der Waals surface area contributed by atoms with Crippen molar-refractivity contribution in [3.63, 3.8) is 0 Å². The third-order valence-electron chi connectivity index (χ3n) is 3.56. The van der Waals surface area contributed by atoms with Gasteiger partial charge < -0.3 is 5.32 Å². The van der Waals surface area contributed by atoms with Crippen molar-refractivity contribution in [3.05, 3.63) is 76.3 Å². The third kappa shape index (κ3) is 2.57. The number of hydrogen-bond acceptors (Lipinski definition) is 2. The zero-order valence-electron chi connectivity index (χ0n) is 11.5. The molecule has 2 aromatic carbocycles. The lowest BCUT2D eigenvalue weighted by Gasteiger charge is -2.19. The first kappa shape index (κ1) is 14.2. The minimum Gasteiger partial charge on any atom is -0.308 e. The van der Waals surface area contributed by atoms with Crippen LogP contribution in [0.25, 0.3) is 10.8 Å². The van der Waals surface area contributed by atoms with E-state index in [9.17, 15) is 4.39 Å². The van der Waals surface area contributed by atoms with E-state index in [0.717, 1.165) is 16.5 Å². The van der Waals surface area contributed by atoms with E-state index in [0.29, 0.717) is 10.0 Å². The van der Waals surface area contributed by atoms with Gasteiger partial charge in [-0.1, -0.05) is 36.4 Å². The summed E-state index contributed by atoms with van der Waals surface area (Å²) in [6.45, 7) is 0. The lowest BCUT2D eigenvalue weighted by atomic mass is 9.98. The molecule has 1 N–H and O–H groups in total. The molecule has 0 radical (unpaired) electrons. The number of nitrogens with one attached hydrogen (secondary N) is 1. The van der Waals surface area contributed by atoms with Crippen LogP contribution in [0.5, 0.6) is 0 Å². The lowest BCUT2D eigenvalue weighted by molar-refractivity contribution is 0.567. The van der Waals surface area contributed by atoms with Gasteiger partial charge in [0.2, 0.25) is 0 Å². The Morgan fingerprint density at radius 2 is 1.90 bits per heavy atom. The zero-order valence-corrected chi connectivity index (χ0v) is 13.1. The molecule has 1 aromatic heterocycles. The summed E-state index contributed by atoms with van der Waals surface area (Å²) >= 11 is 3.24. The molecule has 0 aliphatic carbocycles. The Hall–Kier alpha value is -1.78. The third-order valence-corrected chi connectivity index (χ3v) is 4.17. The second-order valence-corrected chi connectivity index (χ2v) is 5.64. The number of aromatic nitrogens is 1. The summed E-state index contributed by atoms with van der Waals surface area (Å²) in [5, 5.41) is 5.29. The summed E-state index contributed by atoms with van der Waals surface area (Å²) in [6, 6.07) is 15.0. The Labute approximate surface area is 131 Å². The van der Waals surface area contributed by atoms with Gasteiger partial charge in [-0.25, -0.2) is 4.39 Å². The molecule has 1 unspecified atom stereocenters. The Kier molecular flexibility index (Phi) is 3.99. The van der Waals surface area contributed by atoms with Crippen LogP contribution in [-0.2, 0) is 0 Å². The molecule has 0 spiro atoms. The molecule has 0 fully saturated rings. The summed E-state index contributed by atoms with van der Waals surface area (Å²) < 4.78 is 14.9.